The average molecular weight is 430 g/mol. The topological polar surface area (TPSA) is 0 Å². The van der Waals surface area contributed by atoms with E-state index in [2.05, 4.69) is 103 Å². The number of rotatable bonds is 6. The van der Waals surface area contributed by atoms with Crippen LogP contribution < -0.4 is 12.4 Å². The number of hydrogen-bond acceptors (Lipinski definition) is 0. The summed E-state index contributed by atoms with van der Waals surface area (Å²) in [6.07, 6.45) is 4.89. The highest BCUT2D eigenvalue weighted by Crippen LogP contribution is 2.27. The zero-order chi connectivity index (χ0) is 20.5. The summed E-state index contributed by atoms with van der Waals surface area (Å²) >= 11 is 0. The van der Waals surface area contributed by atoms with E-state index in [1.54, 1.807) is 0 Å². The maximum absolute atomic E-state index is 3.61. The summed E-state index contributed by atoms with van der Waals surface area (Å²) in [5.74, 6) is 7.52. The Balaban J connectivity index is 0.00000272. The van der Waals surface area contributed by atoms with Crippen molar-refractivity contribution in [2.24, 2.45) is 0 Å². The zero-order valence-corrected chi connectivity index (χ0v) is 19.0. The van der Waals surface area contributed by atoms with E-state index < -0.39 is 0 Å². The predicted molar refractivity (Wildman–Crippen MR) is 126 cm³/mol. The molecule has 1 fully saturated rings. The summed E-state index contributed by atoms with van der Waals surface area (Å²) in [5, 5.41) is 0. The number of hydrogen-bond donors (Lipinski definition) is 0. The summed E-state index contributed by atoms with van der Waals surface area (Å²) in [4.78, 5) is 0. The molecular formula is C29H32ClN. The number of halogens is 1. The summed E-state index contributed by atoms with van der Waals surface area (Å²) in [6, 6.07) is 32.6. The maximum Gasteiger partial charge on any atom is 0.141 e. The smallest absolute Gasteiger partial charge is 0.141 e. The molecular weight excluding hydrogens is 398 g/mol. The minimum absolute atomic E-state index is 0. The quantitative estimate of drug-likeness (QED) is 0.416. The third-order valence-electron chi connectivity index (χ3n) is 6.38. The van der Waals surface area contributed by atoms with Gasteiger partial charge in [0.25, 0.3) is 0 Å². The molecule has 0 aliphatic carbocycles. The molecule has 2 heteroatoms. The fourth-order valence-electron chi connectivity index (χ4n) is 4.72. The molecule has 0 aromatic heterocycles. The van der Waals surface area contributed by atoms with E-state index in [1.165, 1.54) is 49.0 Å². The standard InChI is InChI=1S/C29H32N.ClH/c1-5-15-26(16-6-1)25-30(22-12-4-13-23-30)24-14-11-21-29(27-17-7-2-8-18-27)28-19-9-3-10-20-28;/h1-3,5-10,15-20,29H,4,12-13,21-25H2;1H/q+1;/p-1. The van der Waals surface area contributed by atoms with Gasteiger partial charge in [-0.25, -0.2) is 0 Å². The summed E-state index contributed by atoms with van der Waals surface area (Å²) in [6.45, 7) is 4.58. The van der Waals surface area contributed by atoms with E-state index in [9.17, 15) is 0 Å². The second kappa shape index (κ2) is 11.8. The van der Waals surface area contributed by atoms with E-state index in [4.69, 9.17) is 0 Å². The molecule has 0 bridgehead atoms. The van der Waals surface area contributed by atoms with Gasteiger partial charge in [0.2, 0.25) is 0 Å². The molecule has 1 heterocycles. The van der Waals surface area contributed by atoms with Crippen LogP contribution in [-0.2, 0) is 6.54 Å². The molecule has 0 radical (unpaired) electrons. The molecule has 1 aliphatic rings. The molecule has 0 atom stereocenters. The van der Waals surface area contributed by atoms with E-state index in [0.29, 0.717) is 5.92 Å². The number of piperidine rings is 1. The largest absolute Gasteiger partial charge is 1.00 e. The van der Waals surface area contributed by atoms with Gasteiger partial charge in [-0.3, -0.25) is 0 Å². The van der Waals surface area contributed by atoms with Crippen LogP contribution in [0.25, 0.3) is 0 Å². The van der Waals surface area contributed by atoms with Crippen LogP contribution in [0.2, 0.25) is 0 Å². The Labute approximate surface area is 194 Å². The van der Waals surface area contributed by atoms with Crippen molar-refractivity contribution in [2.45, 2.75) is 38.1 Å². The minimum Gasteiger partial charge on any atom is -1.00 e. The highest BCUT2D eigenvalue weighted by molar-refractivity contribution is 5.34. The molecule has 0 amide bonds. The third-order valence-corrected chi connectivity index (χ3v) is 6.38. The molecule has 1 nitrogen and oxygen atoms in total. The Hall–Kier alpha value is -2.53. The monoisotopic (exact) mass is 429 g/mol. The predicted octanol–water partition coefficient (Wildman–Crippen LogP) is 3.42. The van der Waals surface area contributed by atoms with Crippen molar-refractivity contribution in [2.75, 3.05) is 19.6 Å². The Morgan fingerprint density at radius 3 is 1.71 bits per heavy atom. The maximum atomic E-state index is 3.61. The lowest BCUT2D eigenvalue weighted by Gasteiger charge is -2.40. The lowest BCUT2D eigenvalue weighted by molar-refractivity contribution is -0.938. The molecule has 1 aliphatic heterocycles. The minimum atomic E-state index is 0. The first-order valence-corrected chi connectivity index (χ1v) is 11.3. The van der Waals surface area contributed by atoms with Crippen LogP contribution in [0.3, 0.4) is 0 Å². The highest BCUT2D eigenvalue weighted by atomic mass is 35.5. The van der Waals surface area contributed by atoms with Crippen molar-refractivity contribution >= 4 is 0 Å². The first-order valence-electron chi connectivity index (χ1n) is 11.3. The first kappa shape index (κ1) is 23.1. The van der Waals surface area contributed by atoms with Crippen LogP contribution in [-0.4, -0.2) is 24.1 Å². The second-order valence-corrected chi connectivity index (χ2v) is 8.58. The van der Waals surface area contributed by atoms with E-state index >= 15 is 0 Å². The molecule has 0 N–H and O–H groups in total. The van der Waals surface area contributed by atoms with E-state index in [1.807, 2.05) is 0 Å². The lowest BCUT2D eigenvalue weighted by atomic mass is 9.89. The molecule has 0 spiro atoms. The van der Waals surface area contributed by atoms with Crippen molar-refractivity contribution in [3.8, 4) is 11.8 Å². The Kier molecular flexibility index (Phi) is 8.77. The van der Waals surface area contributed by atoms with Crippen LogP contribution in [0.5, 0.6) is 0 Å². The molecule has 1 saturated heterocycles. The van der Waals surface area contributed by atoms with Crippen molar-refractivity contribution < 1.29 is 16.9 Å². The summed E-state index contributed by atoms with van der Waals surface area (Å²) in [5.41, 5.74) is 4.14. The van der Waals surface area contributed by atoms with E-state index in [0.717, 1.165) is 24.0 Å². The van der Waals surface area contributed by atoms with Crippen molar-refractivity contribution in [3.05, 3.63) is 108 Å². The van der Waals surface area contributed by atoms with Gasteiger partial charge in [-0.15, -0.1) is 0 Å². The van der Waals surface area contributed by atoms with Gasteiger partial charge in [-0.05, 0) is 36.3 Å². The van der Waals surface area contributed by atoms with Crippen molar-refractivity contribution in [1.29, 1.82) is 0 Å². The zero-order valence-electron chi connectivity index (χ0n) is 18.2. The normalized spacial score (nSPS) is 14.9. The molecule has 4 rings (SSSR count). The average Bonchev–Trinajstić information content (AvgIpc) is 2.81. The van der Waals surface area contributed by atoms with Crippen LogP contribution in [0.4, 0.5) is 0 Å². The molecule has 31 heavy (non-hydrogen) atoms. The third kappa shape index (κ3) is 6.47. The fraction of sp³-hybridized carbons (Fsp3) is 0.310. The van der Waals surface area contributed by atoms with Gasteiger partial charge in [0, 0.05) is 17.9 Å². The molecule has 3 aromatic carbocycles. The lowest BCUT2D eigenvalue weighted by Crippen LogP contribution is -3.00. The van der Waals surface area contributed by atoms with Crippen LogP contribution >= 0.6 is 0 Å². The van der Waals surface area contributed by atoms with E-state index in [-0.39, 0.29) is 12.4 Å². The molecule has 160 valence electrons. The SMILES string of the molecule is C(#CC[N+]1(Cc2ccccc2)CCCCC1)CC(c1ccccc1)c1ccccc1.[Cl-]. The number of likely N-dealkylation sites (tertiary alicyclic amines) is 1. The number of benzene rings is 3. The summed E-state index contributed by atoms with van der Waals surface area (Å²) in [7, 11) is 0. The van der Waals surface area contributed by atoms with Gasteiger partial charge < -0.3 is 16.9 Å². The van der Waals surface area contributed by atoms with Crippen molar-refractivity contribution in [3.63, 3.8) is 0 Å². The van der Waals surface area contributed by atoms with Crippen LogP contribution in [0, 0.1) is 11.8 Å². The Morgan fingerprint density at radius 1 is 0.645 bits per heavy atom. The molecule has 0 saturated carbocycles. The highest BCUT2D eigenvalue weighted by Gasteiger charge is 2.29. The van der Waals surface area contributed by atoms with Gasteiger partial charge in [-0.1, -0.05) is 96.9 Å². The van der Waals surface area contributed by atoms with Crippen molar-refractivity contribution in [1.82, 2.24) is 0 Å². The van der Waals surface area contributed by atoms with Gasteiger partial charge >= 0.3 is 0 Å². The fourth-order valence-corrected chi connectivity index (χ4v) is 4.72. The second-order valence-electron chi connectivity index (χ2n) is 8.58. The van der Waals surface area contributed by atoms with Gasteiger partial charge in [-0.2, -0.15) is 0 Å². The van der Waals surface area contributed by atoms with Gasteiger partial charge in [0.1, 0.15) is 13.1 Å². The Morgan fingerprint density at radius 2 is 1.16 bits per heavy atom. The Bertz CT molecular complexity index is 912. The summed E-state index contributed by atoms with van der Waals surface area (Å²) < 4.78 is 1.12. The first-order chi connectivity index (χ1) is 14.8. The number of nitrogens with zero attached hydrogens (tertiary/aromatic N) is 1. The molecule has 0 unspecified atom stereocenters. The van der Waals surface area contributed by atoms with Gasteiger partial charge in [0.05, 0.1) is 13.1 Å². The van der Waals surface area contributed by atoms with Crippen LogP contribution in [0.1, 0.15) is 48.3 Å². The number of quaternary nitrogens is 1. The van der Waals surface area contributed by atoms with Crippen LogP contribution in [0.15, 0.2) is 91.0 Å². The molecule has 3 aromatic rings. The van der Waals surface area contributed by atoms with Gasteiger partial charge in [0.15, 0.2) is 0 Å².